The minimum absolute atomic E-state index is 0.174. The zero-order valence-electron chi connectivity index (χ0n) is 9.53. The number of aromatic nitrogens is 1. The number of aromatic amines is 1. The number of aliphatic carboxylic acids is 1. The van der Waals surface area contributed by atoms with Gasteiger partial charge >= 0.3 is 5.97 Å². The minimum Gasteiger partial charge on any atom is -0.481 e. The Morgan fingerprint density at radius 3 is 2.94 bits per heavy atom. The summed E-state index contributed by atoms with van der Waals surface area (Å²) in [6.07, 6.45) is 0. The average molecular weight is 230 g/mol. The van der Waals surface area contributed by atoms with Gasteiger partial charge in [0.15, 0.2) is 0 Å². The van der Waals surface area contributed by atoms with E-state index in [1.54, 1.807) is 0 Å². The monoisotopic (exact) mass is 230 g/mol. The molecule has 0 aliphatic carbocycles. The van der Waals surface area contributed by atoms with Crippen LogP contribution in [0.3, 0.4) is 0 Å². The van der Waals surface area contributed by atoms with E-state index in [2.05, 4.69) is 10.3 Å². The van der Waals surface area contributed by atoms with Crippen LogP contribution >= 0.6 is 0 Å². The summed E-state index contributed by atoms with van der Waals surface area (Å²) in [6, 6.07) is 8.05. The molecule has 88 valence electrons. The summed E-state index contributed by atoms with van der Waals surface area (Å²) < 4.78 is 0. The number of carboxylic acid groups (broad SMARTS) is 1. The number of hydrogen-bond donors (Lipinski definition) is 3. The zero-order valence-corrected chi connectivity index (χ0v) is 9.53. The standard InChI is InChI=1S/C13H14N2O2/c1-7-12-11(9(6-14-7)13(16)17)8-4-2-3-5-10(8)15-12/h2-5,7,9,14-15H,6H2,1H3,(H,16,17)/t7-,9-/m0/s1. The first kappa shape index (κ1) is 10.4. The molecule has 1 aliphatic rings. The molecule has 0 unspecified atom stereocenters. The lowest BCUT2D eigenvalue weighted by Crippen LogP contribution is -2.34. The van der Waals surface area contributed by atoms with Gasteiger partial charge in [-0.15, -0.1) is 0 Å². The summed E-state index contributed by atoms with van der Waals surface area (Å²) in [5, 5.41) is 13.5. The second-order valence-corrected chi connectivity index (χ2v) is 4.52. The molecule has 0 bridgehead atoms. The van der Waals surface area contributed by atoms with Crippen molar-refractivity contribution >= 4 is 16.9 Å². The molecule has 2 atom stereocenters. The number of carboxylic acids is 1. The molecule has 4 heteroatoms. The summed E-state index contributed by atoms with van der Waals surface area (Å²) in [5.41, 5.74) is 2.96. The Labute approximate surface area is 98.6 Å². The largest absolute Gasteiger partial charge is 0.481 e. The highest BCUT2D eigenvalue weighted by Crippen LogP contribution is 2.35. The van der Waals surface area contributed by atoms with Crippen LogP contribution in [-0.2, 0) is 4.79 Å². The van der Waals surface area contributed by atoms with E-state index >= 15 is 0 Å². The van der Waals surface area contributed by atoms with Gasteiger partial charge in [0.25, 0.3) is 0 Å². The van der Waals surface area contributed by atoms with Gasteiger partial charge in [0.05, 0.1) is 5.92 Å². The van der Waals surface area contributed by atoms with Crippen molar-refractivity contribution in [2.24, 2.45) is 0 Å². The number of rotatable bonds is 1. The van der Waals surface area contributed by atoms with Crippen LogP contribution in [0, 0.1) is 0 Å². The van der Waals surface area contributed by atoms with Gasteiger partial charge in [-0.05, 0) is 18.6 Å². The smallest absolute Gasteiger partial charge is 0.312 e. The molecular weight excluding hydrogens is 216 g/mol. The fourth-order valence-electron chi connectivity index (χ4n) is 2.61. The fourth-order valence-corrected chi connectivity index (χ4v) is 2.61. The fraction of sp³-hybridized carbons (Fsp3) is 0.308. The number of nitrogens with one attached hydrogen (secondary N) is 2. The minimum atomic E-state index is -0.768. The van der Waals surface area contributed by atoms with Crippen molar-refractivity contribution in [2.75, 3.05) is 6.54 Å². The molecule has 1 aromatic carbocycles. The molecule has 0 radical (unpaired) electrons. The van der Waals surface area contributed by atoms with Gasteiger partial charge in [-0.25, -0.2) is 0 Å². The number of para-hydroxylation sites is 1. The maximum Gasteiger partial charge on any atom is 0.312 e. The van der Waals surface area contributed by atoms with Gasteiger partial charge < -0.3 is 15.4 Å². The predicted molar refractivity (Wildman–Crippen MR) is 65.1 cm³/mol. The Morgan fingerprint density at radius 2 is 2.18 bits per heavy atom. The third kappa shape index (κ3) is 1.45. The van der Waals surface area contributed by atoms with E-state index < -0.39 is 11.9 Å². The number of hydrogen-bond acceptors (Lipinski definition) is 2. The molecule has 3 rings (SSSR count). The quantitative estimate of drug-likeness (QED) is 0.702. The summed E-state index contributed by atoms with van der Waals surface area (Å²) in [6.45, 7) is 2.54. The first-order valence-corrected chi connectivity index (χ1v) is 5.75. The molecule has 1 aromatic heterocycles. The first-order chi connectivity index (χ1) is 8.18. The summed E-state index contributed by atoms with van der Waals surface area (Å²) in [7, 11) is 0. The zero-order chi connectivity index (χ0) is 12.0. The Bertz CT molecular complexity index is 588. The molecular formula is C13H14N2O2. The molecule has 0 spiro atoms. The average Bonchev–Trinajstić information content (AvgIpc) is 2.69. The lowest BCUT2D eigenvalue weighted by Gasteiger charge is -2.25. The Balaban J connectivity index is 2.30. The second-order valence-electron chi connectivity index (χ2n) is 4.52. The van der Waals surface area contributed by atoms with Gasteiger partial charge in [0, 0.05) is 29.2 Å². The molecule has 0 saturated carbocycles. The molecule has 1 aliphatic heterocycles. The third-order valence-electron chi connectivity index (χ3n) is 3.48. The van der Waals surface area contributed by atoms with Crippen molar-refractivity contribution in [3.05, 3.63) is 35.5 Å². The second kappa shape index (κ2) is 3.60. The molecule has 0 saturated heterocycles. The van der Waals surface area contributed by atoms with E-state index in [1.807, 2.05) is 31.2 Å². The normalized spacial score (nSPS) is 23.6. The number of H-pyrrole nitrogens is 1. The number of fused-ring (bicyclic) bond motifs is 3. The highest BCUT2D eigenvalue weighted by Gasteiger charge is 2.32. The van der Waals surface area contributed by atoms with Crippen molar-refractivity contribution in [3.8, 4) is 0 Å². The highest BCUT2D eigenvalue weighted by atomic mass is 16.4. The molecule has 0 amide bonds. The van der Waals surface area contributed by atoms with Crippen molar-refractivity contribution in [3.63, 3.8) is 0 Å². The lowest BCUT2D eigenvalue weighted by atomic mass is 9.90. The van der Waals surface area contributed by atoms with Gasteiger partial charge in [-0.3, -0.25) is 4.79 Å². The van der Waals surface area contributed by atoms with Crippen LogP contribution in [-0.4, -0.2) is 22.6 Å². The van der Waals surface area contributed by atoms with Crippen molar-refractivity contribution in [1.82, 2.24) is 10.3 Å². The van der Waals surface area contributed by atoms with Crippen LogP contribution in [0.25, 0.3) is 10.9 Å². The Kier molecular flexibility index (Phi) is 2.19. The van der Waals surface area contributed by atoms with Gasteiger partial charge in [0.1, 0.15) is 0 Å². The van der Waals surface area contributed by atoms with Crippen LogP contribution in [0.15, 0.2) is 24.3 Å². The van der Waals surface area contributed by atoms with Crippen molar-refractivity contribution in [2.45, 2.75) is 18.9 Å². The van der Waals surface area contributed by atoms with Crippen molar-refractivity contribution < 1.29 is 9.90 Å². The van der Waals surface area contributed by atoms with Crippen LogP contribution in [0.5, 0.6) is 0 Å². The summed E-state index contributed by atoms with van der Waals surface area (Å²) in [5.74, 6) is -1.23. The maximum atomic E-state index is 11.3. The van der Waals surface area contributed by atoms with E-state index in [9.17, 15) is 9.90 Å². The third-order valence-corrected chi connectivity index (χ3v) is 3.48. The predicted octanol–water partition coefficient (Wildman–Crippen LogP) is 2.00. The number of carbonyl (C=O) groups is 1. The molecule has 4 nitrogen and oxygen atoms in total. The molecule has 17 heavy (non-hydrogen) atoms. The Hall–Kier alpha value is -1.81. The number of benzene rings is 1. The van der Waals surface area contributed by atoms with Gasteiger partial charge in [0.2, 0.25) is 0 Å². The van der Waals surface area contributed by atoms with E-state index in [-0.39, 0.29) is 6.04 Å². The van der Waals surface area contributed by atoms with Crippen molar-refractivity contribution in [1.29, 1.82) is 0 Å². The van der Waals surface area contributed by atoms with Crippen LogP contribution in [0.4, 0.5) is 0 Å². The van der Waals surface area contributed by atoms with Crippen LogP contribution in [0.1, 0.15) is 30.1 Å². The van der Waals surface area contributed by atoms with E-state index in [0.29, 0.717) is 6.54 Å². The Morgan fingerprint density at radius 1 is 1.41 bits per heavy atom. The molecule has 2 aromatic rings. The SMILES string of the molecule is C[C@@H]1NC[C@H](C(=O)O)c2c1[nH]c1ccccc21. The maximum absolute atomic E-state index is 11.3. The van der Waals surface area contributed by atoms with Gasteiger partial charge in [-0.1, -0.05) is 18.2 Å². The topological polar surface area (TPSA) is 65.1 Å². The van der Waals surface area contributed by atoms with E-state index in [4.69, 9.17) is 0 Å². The van der Waals surface area contributed by atoms with Crippen LogP contribution < -0.4 is 5.32 Å². The molecule has 2 heterocycles. The summed E-state index contributed by atoms with van der Waals surface area (Å²) >= 11 is 0. The highest BCUT2D eigenvalue weighted by molar-refractivity contribution is 5.91. The summed E-state index contributed by atoms with van der Waals surface area (Å²) in [4.78, 5) is 14.6. The van der Waals surface area contributed by atoms with Crippen LogP contribution in [0.2, 0.25) is 0 Å². The molecule has 3 N–H and O–H groups in total. The first-order valence-electron chi connectivity index (χ1n) is 5.75. The molecule has 0 fully saturated rings. The lowest BCUT2D eigenvalue weighted by molar-refractivity contribution is -0.138. The van der Waals surface area contributed by atoms with Gasteiger partial charge in [-0.2, -0.15) is 0 Å². The van der Waals surface area contributed by atoms with E-state index in [1.165, 1.54) is 0 Å². The van der Waals surface area contributed by atoms with E-state index in [0.717, 1.165) is 22.2 Å².